The van der Waals surface area contributed by atoms with Crippen molar-refractivity contribution >= 4 is 5.91 Å². The van der Waals surface area contributed by atoms with Gasteiger partial charge in [-0.15, -0.1) is 0 Å². The number of amides is 1. The molecular weight excluding hydrogens is 164 g/mol. The lowest BCUT2D eigenvalue weighted by Crippen LogP contribution is -2.33. The lowest BCUT2D eigenvalue weighted by molar-refractivity contribution is -0.124. The van der Waals surface area contributed by atoms with Crippen LogP contribution in [0.1, 0.15) is 19.8 Å². The van der Waals surface area contributed by atoms with Crippen molar-refractivity contribution in [3.05, 3.63) is 0 Å². The van der Waals surface area contributed by atoms with E-state index in [1.165, 1.54) is 6.42 Å². The van der Waals surface area contributed by atoms with Gasteiger partial charge in [0.1, 0.15) is 0 Å². The lowest BCUT2D eigenvalue weighted by atomic mass is 10.1. The van der Waals surface area contributed by atoms with Gasteiger partial charge in [-0.25, -0.2) is 0 Å². The zero-order valence-electron chi connectivity index (χ0n) is 8.18. The van der Waals surface area contributed by atoms with E-state index in [9.17, 15) is 4.79 Å². The second kappa shape index (κ2) is 3.66. The zero-order chi connectivity index (χ0) is 9.26. The Bertz CT molecular complexity index is 199. The van der Waals surface area contributed by atoms with Gasteiger partial charge in [0, 0.05) is 13.1 Å². The Morgan fingerprint density at radius 1 is 1.62 bits per heavy atom. The minimum atomic E-state index is 0.231. The molecule has 1 heterocycles. The first-order chi connectivity index (χ1) is 6.27. The first-order valence-corrected chi connectivity index (χ1v) is 5.26. The van der Waals surface area contributed by atoms with Crippen LogP contribution in [-0.4, -0.2) is 25.5 Å². The summed E-state index contributed by atoms with van der Waals surface area (Å²) in [5.41, 5.74) is 0. The Balaban J connectivity index is 1.66. The lowest BCUT2D eigenvalue weighted by Gasteiger charge is -2.08. The molecule has 0 aromatic carbocycles. The maximum Gasteiger partial charge on any atom is 0.224 e. The molecule has 2 aliphatic rings. The van der Waals surface area contributed by atoms with E-state index in [4.69, 9.17) is 0 Å². The van der Waals surface area contributed by atoms with Crippen LogP contribution >= 0.6 is 0 Å². The summed E-state index contributed by atoms with van der Waals surface area (Å²) >= 11 is 0. The summed E-state index contributed by atoms with van der Waals surface area (Å²) in [6.07, 6.45) is 2.30. The van der Waals surface area contributed by atoms with Gasteiger partial charge in [-0.05, 0) is 31.2 Å². The molecule has 0 aromatic heterocycles. The molecule has 0 bridgehead atoms. The maximum atomic E-state index is 11.5. The Morgan fingerprint density at radius 3 is 2.92 bits per heavy atom. The van der Waals surface area contributed by atoms with E-state index in [-0.39, 0.29) is 11.8 Å². The average molecular weight is 182 g/mol. The minimum absolute atomic E-state index is 0.231. The molecule has 0 radical (unpaired) electrons. The summed E-state index contributed by atoms with van der Waals surface area (Å²) in [6, 6.07) is 0. The van der Waals surface area contributed by atoms with Crippen molar-refractivity contribution in [3.8, 4) is 0 Å². The summed E-state index contributed by atoms with van der Waals surface area (Å²) in [5.74, 6) is 2.08. The third-order valence-corrected chi connectivity index (χ3v) is 3.25. The normalized spacial score (nSPS) is 37.5. The van der Waals surface area contributed by atoms with E-state index in [1.54, 1.807) is 0 Å². The molecule has 1 saturated heterocycles. The molecule has 1 aliphatic carbocycles. The van der Waals surface area contributed by atoms with E-state index < -0.39 is 0 Å². The minimum Gasteiger partial charge on any atom is -0.356 e. The number of carbonyl (C=O) groups excluding carboxylic acids is 1. The van der Waals surface area contributed by atoms with Gasteiger partial charge in [0.2, 0.25) is 5.91 Å². The van der Waals surface area contributed by atoms with E-state index >= 15 is 0 Å². The van der Waals surface area contributed by atoms with Crippen molar-refractivity contribution < 1.29 is 4.79 Å². The molecule has 0 aromatic rings. The monoisotopic (exact) mass is 182 g/mol. The van der Waals surface area contributed by atoms with Crippen LogP contribution in [0.3, 0.4) is 0 Å². The van der Waals surface area contributed by atoms with Gasteiger partial charge >= 0.3 is 0 Å². The second-order valence-electron chi connectivity index (χ2n) is 4.41. The van der Waals surface area contributed by atoms with Crippen LogP contribution in [0.4, 0.5) is 0 Å². The van der Waals surface area contributed by atoms with Crippen molar-refractivity contribution in [3.63, 3.8) is 0 Å². The number of hydrogen-bond donors (Lipinski definition) is 2. The standard InChI is InChI=1S/C10H18N2O/c1-7-4-9(7)6-12-10(13)8-2-3-11-5-8/h7-9,11H,2-6H2,1H3,(H,12,13). The highest BCUT2D eigenvalue weighted by Gasteiger charge is 2.33. The Hall–Kier alpha value is -0.570. The smallest absolute Gasteiger partial charge is 0.224 e. The highest BCUT2D eigenvalue weighted by molar-refractivity contribution is 5.79. The third-order valence-electron chi connectivity index (χ3n) is 3.25. The molecule has 2 fully saturated rings. The molecule has 1 saturated carbocycles. The van der Waals surface area contributed by atoms with Crippen molar-refractivity contribution in [1.29, 1.82) is 0 Å². The van der Waals surface area contributed by atoms with E-state index in [2.05, 4.69) is 17.6 Å². The highest BCUT2D eigenvalue weighted by atomic mass is 16.1. The van der Waals surface area contributed by atoms with E-state index in [0.29, 0.717) is 0 Å². The molecule has 3 nitrogen and oxygen atoms in total. The fraction of sp³-hybridized carbons (Fsp3) is 0.900. The molecule has 3 unspecified atom stereocenters. The van der Waals surface area contributed by atoms with Gasteiger partial charge in [0.15, 0.2) is 0 Å². The number of carbonyl (C=O) groups is 1. The topological polar surface area (TPSA) is 41.1 Å². The fourth-order valence-electron chi connectivity index (χ4n) is 1.94. The van der Waals surface area contributed by atoms with Gasteiger partial charge in [-0.2, -0.15) is 0 Å². The quantitative estimate of drug-likeness (QED) is 0.662. The Kier molecular flexibility index (Phi) is 2.54. The molecular formula is C10H18N2O. The molecule has 1 amide bonds. The second-order valence-corrected chi connectivity index (χ2v) is 4.41. The largest absolute Gasteiger partial charge is 0.356 e. The van der Waals surface area contributed by atoms with Crippen LogP contribution in [0.25, 0.3) is 0 Å². The van der Waals surface area contributed by atoms with E-state index in [1.807, 2.05) is 0 Å². The predicted molar refractivity (Wildman–Crippen MR) is 51.3 cm³/mol. The van der Waals surface area contributed by atoms with Gasteiger partial charge in [-0.3, -0.25) is 4.79 Å². The molecule has 3 atom stereocenters. The molecule has 1 aliphatic heterocycles. The highest BCUT2D eigenvalue weighted by Crippen LogP contribution is 2.36. The molecule has 2 rings (SSSR count). The van der Waals surface area contributed by atoms with Crippen LogP contribution < -0.4 is 10.6 Å². The van der Waals surface area contributed by atoms with Crippen molar-refractivity contribution in [2.24, 2.45) is 17.8 Å². The molecule has 0 spiro atoms. The maximum absolute atomic E-state index is 11.5. The van der Waals surface area contributed by atoms with Crippen molar-refractivity contribution in [2.45, 2.75) is 19.8 Å². The van der Waals surface area contributed by atoms with E-state index in [0.717, 1.165) is 37.9 Å². The predicted octanol–water partition coefficient (Wildman–Crippen LogP) is 0.368. The number of nitrogens with one attached hydrogen (secondary N) is 2. The first-order valence-electron chi connectivity index (χ1n) is 5.26. The summed E-state index contributed by atoms with van der Waals surface area (Å²) in [7, 11) is 0. The van der Waals surface area contributed by atoms with Crippen molar-refractivity contribution in [1.82, 2.24) is 10.6 Å². The summed E-state index contributed by atoms with van der Waals surface area (Å²) in [5, 5.41) is 6.24. The number of hydrogen-bond acceptors (Lipinski definition) is 2. The molecule has 13 heavy (non-hydrogen) atoms. The fourth-order valence-corrected chi connectivity index (χ4v) is 1.94. The zero-order valence-corrected chi connectivity index (χ0v) is 8.18. The first kappa shape index (κ1) is 9.00. The van der Waals surface area contributed by atoms with Crippen LogP contribution in [0, 0.1) is 17.8 Å². The summed E-state index contributed by atoms with van der Waals surface area (Å²) in [6.45, 7) is 5.01. The summed E-state index contributed by atoms with van der Waals surface area (Å²) < 4.78 is 0. The Labute approximate surface area is 79.3 Å². The van der Waals surface area contributed by atoms with Crippen LogP contribution in [0.2, 0.25) is 0 Å². The van der Waals surface area contributed by atoms with Gasteiger partial charge < -0.3 is 10.6 Å². The third kappa shape index (κ3) is 2.21. The molecule has 2 N–H and O–H groups in total. The van der Waals surface area contributed by atoms with Crippen molar-refractivity contribution in [2.75, 3.05) is 19.6 Å². The molecule has 74 valence electrons. The van der Waals surface area contributed by atoms with Crippen LogP contribution in [0.15, 0.2) is 0 Å². The average Bonchev–Trinajstić information content (AvgIpc) is 2.67. The van der Waals surface area contributed by atoms with Gasteiger partial charge in [-0.1, -0.05) is 6.92 Å². The summed E-state index contributed by atoms with van der Waals surface area (Å²) in [4.78, 5) is 11.5. The van der Waals surface area contributed by atoms with Gasteiger partial charge in [0.25, 0.3) is 0 Å². The number of rotatable bonds is 3. The SMILES string of the molecule is CC1CC1CNC(=O)C1CCNC1. The van der Waals surface area contributed by atoms with Crippen LogP contribution in [-0.2, 0) is 4.79 Å². The van der Waals surface area contributed by atoms with Crippen LogP contribution in [0.5, 0.6) is 0 Å². The Morgan fingerprint density at radius 2 is 2.38 bits per heavy atom. The molecule has 3 heteroatoms. The van der Waals surface area contributed by atoms with Gasteiger partial charge in [0.05, 0.1) is 5.92 Å².